The Bertz CT molecular complexity index is 1110. The van der Waals surface area contributed by atoms with E-state index in [2.05, 4.69) is 15.3 Å². The van der Waals surface area contributed by atoms with Crippen LogP contribution in [0.5, 0.6) is 17.2 Å². The monoisotopic (exact) mass is 423 g/mol. The van der Waals surface area contributed by atoms with Gasteiger partial charge in [-0.05, 0) is 35.9 Å². The fraction of sp³-hybridized carbons (Fsp3) is 0.130. The zero-order valence-corrected chi connectivity index (χ0v) is 17.5. The third-order valence-corrected chi connectivity index (χ3v) is 4.51. The van der Waals surface area contributed by atoms with E-state index in [9.17, 15) is 0 Å². The molecule has 0 saturated carbocycles. The van der Waals surface area contributed by atoms with Gasteiger partial charge in [-0.2, -0.15) is 0 Å². The highest BCUT2D eigenvalue weighted by Gasteiger charge is 2.11. The summed E-state index contributed by atoms with van der Waals surface area (Å²) in [6, 6.07) is 21.5. The average Bonchev–Trinajstić information content (AvgIpc) is 2.78. The van der Waals surface area contributed by atoms with Gasteiger partial charge in [0, 0.05) is 17.1 Å². The van der Waals surface area contributed by atoms with Crippen LogP contribution in [0, 0.1) is 0 Å². The zero-order chi connectivity index (χ0) is 20.1. The largest absolute Gasteiger partial charge is 0.493 e. The number of nitrogens with zero attached hydrogens (tertiary/aromatic N) is 2. The van der Waals surface area contributed by atoms with Crippen LogP contribution in [-0.2, 0) is 6.61 Å². The Balaban J connectivity index is 0.00000256. The van der Waals surface area contributed by atoms with Crippen molar-refractivity contribution in [1.82, 2.24) is 9.97 Å². The van der Waals surface area contributed by atoms with Crippen LogP contribution in [0.25, 0.3) is 10.9 Å². The summed E-state index contributed by atoms with van der Waals surface area (Å²) in [7, 11) is 3.21. The molecule has 0 aliphatic heterocycles. The van der Waals surface area contributed by atoms with Crippen molar-refractivity contribution in [1.29, 1.82) is 0 Å². The predicted molar refractivity (Wildman–Crippen MR) is 120 cm³/mol. The molecular weight excluding hydrogens is 402 g/mol. The zero-order valence-electron chi connectivity index (χ0n) is 16.7. The van der Waals surface area contributed by atoms with Gasteiger partial charge in [-0.3, -0.25) is 0 Å². The van der Waals surface area contributed by atoms with Crippen molar-refractivity contribution in [2.24, 2.45) is 0 Å². The van der Waals surface area contributed by atoms with E-state index in [1.165, 1.54) is 6.33 Å². The number of methoxy groups -OCH3 is 2. The fourth-order valence-corrected chi connectivity index (χ4v) is 2.99. The van der Waals surface area contributed by atoms with Gasteiger partial charge in [0.15, 0.2) is 11.5 Å². The molecule has 0 amide bonds. The van der Waals surface area contributed by atoms with Gasteiger partial charge in [0.05, 0.1) is 19.7 Å². The molecule has 0 radical (unpaired) electrons. The van der Waals surface area contributed by atoms with Crippen LogP contribution in [0.1, 0.15) is 5.56 Å². The predicted octanol–water partition coefficient (Wildman–Crippen LogP) is 5.39. The van der Waals surface area contributed by atoms with Crippen molar-refractivity contribution in [2.45, 2.75) is 6.61 Å². The highest BCUT2D eigenvalue weighted by molar-refractivity contribution is 5.93. The van der Waals surface area contributed by atoms with Gasteiger partial charge in [-0.25, -0.2) is 9.97 Å². The lowest BCUT2D eigenvalue weighted by Crippen LogP contribution is -1.98. The standard InChI is InChI=1S/C23H21N3O3.ClH/c1-27-21-12-19-20(13-22(21)28-2)24-15-25-23(19)26-17-8-10-18(11-9-17)29-14-16-6-4-3-5-7-16;/h3-13,15H,14H2,1-2H3,(H,24,25,26);1H. The summed E-state index contributed by atoms with van der Waals surface area (Å²) in [5.41, 5.74) is 2.79. The summed E-state index contributed by atoms with van der Waals surface area (Å²) in [6.07, 6.45) is 1.52. The van der Waals surface area contributed by atoms with Crippen LogP contribution in [0.4, 0.5) is 11.5 Å². The van der Waals surface area contributed by atoms with Crippen LogP contribution >= 0.6 is 12.4 Å². The molecule has 0 bridgehead atoms. The molecule has 0 aliphatic rings. The molecule has 0 fully saturated rings. The Hall–Kier alpha value is -3.51. The van der Waals surface area contributed by atoms with E-state index in [4.69, 9.17) is 14.2 Å². The van der Waals surface area contributed by atoms with Gasteiger partial charge in [0.2, 0.25) is 0 Å². The molecule has 1 heterocycles. The molecule has 1 N–H and O–H groups in total. The molecule has 1 aromatic heterocycles. The minimum absolute atomic E-state index is 0. The molecule has 0 atom stereocenters. The molecule has 0 aliphatic carbocycles. The van der Waals surface area contributed by atoms with Gasteiger partial charge in [0.1, 0.15) is 24.5 Å². The van der Waals surface area contributed by atoms with Crippen molar-refractivity contribution >= 4 is 34.8 Å². The third kappa shape index (κ3) is 4.72. The summed E-state index contributed by atoms with van der Waals surface area (Å²) >= 11 is 0. The lowest BCUT2D eigenvalue weighted by molar-refractivity contribution is 0.306. The molecule has 30 heavy (non-hydrogen) atoms. The first kappa shape index (κ1) is 21.2. The topological polar surface area (TPSA) is 65.5 Å². The normalized spacial score (nSPS) is 10.2. The molecule has 4 rings (SSSR count). The molecule has 0 saturated heterocycles. The molecule has 0 spiro atoms. The maximum atomic E-state index is 5.84. The van der Waals surface area contributed by atoms with Crippen molar-refractivity contribution in [3.8, 4) is 17.2 Å². The number of fused-ring (bicyclic) bond motifs is 1. The summed E-state index contributed by atoms with van der Waals surface area (Å²) in [4.78, 5) is 8.71. The van der Waals surface area contributed by atoms with E-state index < -0.39 is 0 Å². The molecule has 154 valence electrons. The minimum atomic E-state index is 0. The molecule has 6 nitrogen and oxygen atoms in total. The Morgan fingerprint density at radius 2 is 1.53 bits per heavy atom. The Labute approximate surface area is 181 Å². The van der Waals surface area contributed by atoms with Crippen LogP contribution < -0.4 is 19.5 Å². The van der Waals surface area contributed by atoms with Crippen LogP contribution in [0.15, 0.2) is 73.1 Å². The first-order chi connectivity index (χ1) is 14.3. The smallest absolute Gasteiger partial charge is 0.162 e. The minimum Gasteiger partial charge on any atom is -0.493 e. The van der Waals surface area contributed by atoms with Gasteiger partial charge < -0.3 is 19.5 Å². The average molecular weight is 424 g/mol. The first-order valence-electron chi connectivity index (χ1n) is 9.17. The second-order valence-corrected chi connectivity index (χ2v) is 6.37. The molecular formula is C23H22ClN3O3. The maximum Gasteiger partial charge on any atom is 0.162 e. The Kier molecular flexibility index (Phi) is 6.93. The molecule has 3 aromatic carbocycles. The Morgan fingerprint density at radius 3 is 2.23 bits per heavy atom. The van der Waals surface area contributed by atoms with Crippen molar-refractivity contribution in [3.63, 3.8) is 0 Å². The van der Waals surface area contributed by atoms with Gasteiger partial charge in [0.25, 0.3) is 0 Å². The number of anilines is 2. The highest BCUT2D eigenvalue weighted by atomic mass is 35.5. The number of hydrogen-bond donors (Lipinski definition) is 1. The molecule has 4 aromatic rings. The Morgan fingerprint density at radius 1 is 0.833 bits per heavy atom. The number of benzene rings is 3. The maximum absolute atomic E-state index is 5.84. The van der Waals surface area contributed by atoms with Crippen molar-refractivity contribution in [3.05, 3.63) is 78.6 Å². The number of aromatic nitrogens is 2. The number of nitrogens with one attached hydrogen (secondary N) is 1. The van der Waals surface area contributed by atoms with E-state index in [1.54, 1.807) is 14.2 Å². The van der Waals surface area contributed by atoms with E-state index in [1.807, 2.05) is 66.7 Å². The summed E-state index contributed by atoms with van der Waals surface area (Å²) in [5, 5.41) is 4.18. The van der Waals surface area contributed by atoms with E-state index in [0.717, 1.165) is 27.9 Å². The SMILES string of the molecule is COc1cc2ncnc(Nc3ccc(OCc4ccccc4)cc3)c2cc1OC.Cl. The van der Waals surface area contributed by atoms with Gasteiger partial charge in [-0.15, -0.1) is 12.4 Å². The number of ether oxygens (including phenoxy) is 3. The van der Waals surface area contributed by atoms with Crippen molar-refractivity contribution < 1.29 is 14.2 Å². The van der Waals surface area contributed by atoms with E-state index >= 15 is 0 Å². The highest BCUT2D eigenvalue weighted by Crippen LogP contribution is 2.34. The number of halogens is 1. The first-order valence-corrected chi connectivity index (χ1v) is 9.17. The summed E-state index contributed by atoms with van der Waals surface area (Å²) < 4.78 is 16.6. The fourth-order valence-electron chi connectivity index (χ4n) is 2.99. The second-order valence-electron chi connectivity index (χ2n) is 6.37. The quantitative estimate of drug-likeness (QED) is 0.430. The number of hydrogen-bond acceptors (Lipinski definition) is 6. The molecule has 7 heteroatoms. The van der Waals surface area contributed by atoms with Crippen molar-refractivity contribution in [2.75, 3.05) is 19.5 Å². The second kappa shape index (κ2) is 9.80. The van der Waals surface area contributed by atoms with Crippen LogP contribution in [0.3, 0.4) is 0 Å². The lowest BCUT2D eigenvalue weighted by atomic mass is 10.2. The number of rotatable bonds is 7. The van der Waals surface area contributed by atoms with Crippen LogP contribution in [-0.4, -0.2) is 24.2 Å². The van der Waals surface area contributed by atoms with Gasteiger partial charge in [-0.1, -0.05) is 30.3 Å². The summed E-state index contributed by atoms with van der Waals surface area (Å²) in [5.74, 6) is 2.75. The lowest BCUT2D eigenvalue weighted by Gasteiger charge is -2.12. The van der Waals surface area contributed by atoms with Crippen LogP contribution in [0.2, 0.25) is 0 Å². The molecule has 0 unspecified atom stereocenters. The summed E-state index contributed by atoms with van der Waals surface area (Å²) in [6.45, 7) is 0.534. The third-order valence-electron chi connectivity index (χ3n) is 4.51. The van der Waals surface area contributed by atoms with E-state index in [0.29, 0.717) is 23.9 Å². The van der Waals surface area contributed by atoms with E-state index in [-0.39, 0.29) is 12.4 Å². The van der Waals surface area contributed by atoms with Gasteiger partial charge >= 0.3 is 0 Å².